The first-order valence-corrected chi connectivity index (χ1v) is 8.95. The van der Waals surface area contributed by atoms with Crippen molar-refractivity contribution in [1.29, 1.82) is 0 Å². The van der Waals surface area contributed by atoms with Gasteiger partial charge in [-0.2, -0.15) is 0 Å². The van der Waals surface area contributed by atoms with E-state index in [2.05, 4.69) is 46.4 Å². The summed E-state index contributed by atoms with van der Waals surface area (Å²) in [5.74, 6) is 0. The van der Waals surface area contributed by atoms with Crippen molar-refractivity contribution >= 4 is 16.9 Å². The SMILES string of the molecule is C=CCC/C(C)=C/CC/C(C)=C/CC1(C)SC(=O)C(C)=C1C. The van der Waals surface area contributed by atoms with Gasteiger partial charge in [0.15, 0.2) is 0 Å². The molecule has 0 radical (unpaired) electrons. The Labute approximate surface area is 140 Å². The summed E-state index contributed by atoms with van der Waals surface area (Å²) in [7, 11) is 0. The van der Waals surface area contributed by atoms with E-state index in [1.807, 2.05) is 13.0 Å². The summed E-state index contributed by atoms with van der Waals surface area (Å²) in [5, 5.41) is 0.242. The van der Waals surface area contributed by atoms with Gasteiger partial charge in [-0.3, -0.25) is 4.79 Å². The summed E-state index contributed by atoms with van der Waals surface area (Å²) in [6.45, 7) is 14.4. The van der Waals surface area contributed by atoms with Gasteiger partial charge in [0.25, 0.3) is 0 Å². The quantitative estimate of drug-likeness (QED) is 0.483. The van der Waals surface area contributed by atoms with Gasteiger partial charge in [0.2, 0.25) is 5.12 Å². The Kier molecular flexibility index (Phi) is 7.41. The van der Waals surface area contributed by atoms with Crippen molar-refractivity contribution in [3.8, 4) is 0 Å². The number of carbonyl (C=O) groups is 1. The Balaban J connectivity index is 2.50. The smallest absolute Gasteiger partial charge is 0.215 e. The van der Waals surface area contributed by atoms with E-state index < -0.39 is 0 Å². The van der Waals surface area contributed by atoms with Gasteiger partial charge < -0.3 is 0 Å². The van der Waals surface area contributed by atoms with Crippen LogP contribution in [0.25, 0.3) is 0 Å². The molecule has 1 atom stereocenters. The van der Waals surface area contributed by atoms with E-state index in [-0.39, 0.29) is 9.86 Å². The number of hydrogen-bond acceptors (Lipinski definition) is 2. The molecular formula is C20H30OS. The van der Waals surface area contributed by atoms with Crippen molar-refractivity contribution in [3.63, 3.8) is 0 Å². The summed E-state index contributed by atoms with van der Waals surface area (Å²) >= 11 is 1.48. The minimum atomic E-state index is -0.0435. The van der Waals surface area contributed by atoms with E-state index >= 15 is 0 Å². The van der Waals surface area contributed by atoms with Gasteiger partial charge in [-0.15, -0.1) is 6.58 Å². The van der Waals surface area contributed by atoms with Crippen LogP contribution in [0.4, 0.5) is 0 Å². The van der Waals surface area contributed by atoms with Gasteiger partial charge in [-0.05, 0) is 72.3 Å². The molecule has 0 saturated carbocycles. The predicted octanol–water partition coefficient (Wildman–Crippen LogP) is 6.38. The molecule has 1 rings (SSSR count). The average molecular weight is 319 g/mol. The number of carbonyl (C=O) groups excluding carboxylic acids is 1. The molecule has 122 valence electrons. The molecule has 0 N–H and O–H groups in total. The Hall–Kier alpha value is -1.02. The topological polar surface area (TPSA) is 17.1 Å². The summed E-state index contributed by atoms with van der Waals surface area (Å²) in [4.78, 5) is 11.8. The van der Waals surface area contributed by atoms with Crippen molar-refractivity contribution in [3.05, 3.63) is 47.1 Å². The molecule has 2 heteroatoms. The third-order valence-corrected chi connectivity index (χ3v) is 6.01. The van der Waals surface area contributed by atoms with Crippen molar-refractivity contribution < 1.29 is 4.79 Å². The standard InChI is InChI=1S/C20H30OS/c1-7-8-10-15(2)11-9-12-16(3)13-14-20(6)18(5)17(4)19(21)22-20/h7,11,13H,1,8-10,12,14H2,2-6H3/b15-11+,16-13+. The van der Waals surface area contributed by atoms with Crippen LogP contribution in [0.3, 0.4) is 0 Å². The zero-order valence-electron chi connectivity index (χ0n) is 14.8. The molecule has 0 aromatic rings. The van der Waals surface area contributed by atoms with Crippen LogP contribution in [0.2, 0.25) is 0 Å². The normalized spacial score (nSPS) is 23.4. The van der Waals surface area contributed by atoms with Crippen molar-refractivity contribution in [2.24, 2.45) is 0 Å². The first-order chi connectivity index (χ1) is 10.3. The highest BCUT2D eigenvalue weighted by molar-refractivity contribution is 8.15. The third-order valence-electron chi connectivity index (χ3n) is 4.59. The largest absolute Gasteiger partial charge is 0.282 e. The number of allylic oxidation sites excluding steroid dienone is 5. The number of thioether (sulfide) groups is 1. The maximum absolute atomic E-state index is 11.8. The Bertz CT molecular complexity index is 522. The van der Waals surface area contributed by atoms with E-state index in [0.717, 1.165) is 37.7 Å². The predicted molar refractivity (Wildman–Crippen MR) is 100 cm³/mol. The Morgan fingerprint density at radius 2 is 1.73 bits per heavy atom. The van der Waals surface area contributed by atoms with Crippen LogP contribution in [0.5, 0.6) is 0 Å². The summed E-state index contributed by atoms with van der Waals surface area (Å²) in [6, 6.07) is 0. The molecule has 1 nitrogen and oxygen atoms in total. The van der Waals surface area contributed by atoms with Gasteiger partial charge in [-0.1, -0.05) is 41.1 Å². The highest BCUT2D eigenvalue weighted by Crippen LogP contribution is 2.45. The van der Waals surface area contributed by atoms with Gasteiger partial charge >= 0.3 is 0 Å². The van der Waals surface area contributed by atoms with Gasteiger partial charge in [0.1, 0.15) is 0 Å². The zero-order valence-corrected chi connectivity index (χ0v) is 15.6. The fourth-order valence-electron chi connectivity index (χ4n) is 2.55. The van der Waals surface area contributed by atoms with E-state index in [1.165, 1.54) is 28.5 Å². The molecule has 1 heterocycles. The molecule has 1 aliphatic heterocycles. The third kappa shape index (κ3) is 5.31. The zero-order chi connectivity index (χ0) is 16.8. The number of hydrogen-bond donors (Lipinski definition) is 0. The lowest BCUT2D eigenvalue weighted by molar-refractivity contribution is -0.107. The molecule has 1 aliphatic rings. The Morgan fingerprint density at radius 1 is 1.14 bits per heavy atom. The van der Waals surface area contributed by atoms with E-state index in [4.69, 9.17) is 0 Å². The van der Waals surface area contributed by atoms with Crippen LogP contribution in [-0.4, -0.2) is 9.86 Å². The second kappa shape index (κ2) is 8.57. The molecule has 0 saturated heterocycles. The molecular weight excluding hydrogens is 288 g/mol. The minimum absolute atomic E-state index is 0.0435. The van der Waals surface area contributed by atoms with E-state index in [9.17, 15) is 4.79 Å². The molecule has 0 amide bonds. The second-order valence-electron chi connectivity index (χ2n) is 6.54. The summed E-state index contributed by atoms with van der Waals surface area (Å²) < 4.78 is -0.0435. The second-order valence-corrected chi connectivity index (χ2v) is 8.02. The highest BCUT2D eigenvalue weighted by atomic mass is 32.2. The fourth-order valence-corrected chi connectivity index (χ4v) is 3.74. The van der Waals surface area contributed by atoms with Gasteiger partial charge in [-0.25, -0.2) is 0 Å². The summed E-state index contributed by atoms with van der Waals surface area (Å²) in [6.07, 6.45) is 11.9. The molecule has 0 aromatic heterocycles. The molecule has 0 fully saturated rings. The van der Waals surface area contributed by atoms with Crippen molar-refractivity contribution in [2.45, 2.75) is 71.5 Å². The molecule has 0 aliphatic carbocycles. The van der Waals surface area contributed by atoms with Crippen LogP contribution in [0.1, 0.15) is 66.7 Å². The lowest BCUT2D eigenvalue weighted by Crippen LogP contribution is -2.18. The fraction of sp³-hybridized carbons (Fsp3) is 0.550. The van der Waals surface area contributed by atoms with Crippen LogP contribution < -0.4 is 0 Å². The van der Waals surface area contributed by atoms with Crippen molar-refractivity contribution in [2.75, 3.05) is 0 Å². The first-order valence-electron chi connectivity index (χ1n) is 8.13. The maximum Gasteiger partial charge on any atom is 0.215 e. The molecule has 0 bridgehead atoms. The van der Waals surface area contributed by atoms with Crippen LogP contribution in [0, 0.1) is 0 Å². The maximum atomic E-state index is 11.8. The van der Waals surface area contributed by atoms with Crippen LogP contribution in [-0.2, 0) is 4.79 Å². The van der Waals surface area contributed by atoms with Crippen molar-refractivity contribution in [1.82, 2.24) is 0 Å². The van der Waals surface area contributed by atoms with Crippen LogP contribution in [0.15, 0.2) is 47.1 Å². The van der Waals surface area contributed by atoms with Gasteiger partial charge in [0.05, 0.1) is 0 Å². The lowest BCUT2D eigenvalue weighted by atomic mass is 9.93. The molecule has 22 heavy (non-hydrogen) atoms. The first kappa shape index (κ1) is 19.0. The molecule has 0 spiro atoms. The van der Waals surface area contributed by atoms with E-state index in [1.54, 1.807) is 0 Å². The monoisotopic (exact) mass is 318 g/mol. The highest BCUT2D eigenvalue weighted by Gasteiger charge is 2.37. The lowest BCUT2D eigenvalue weighted by Gasteiger charge is -2.23. The average Bonchev–Trinajstić information content (AvgIpc) is 2.67. The summed E-state index contributed by atoms with van der Waals surface area (Å²) in [5.41, 5.74) is 5.05. The van der Waals surface area contributed by atoms with E-state index in [0.29, 0.717) is 0 Å². The Morgan fingerprint density at radius 3 is 2.27 bits per heavy atom. The number of rotatable bonds is 8. The van der Waals surface area contributed by atoms with Gasteiger partial charge in [0, 0.05) is 10.3 Å². The van der Waals surface area contributed by atoms with Crippen LogP contribution >= 0.6 is 11.8 Å². The molecule has 1 unspecified atom stereocenters. The minimum Gasteiger partial charge on any atom is -0.282 e. The molecule has 0 aromatic carbocycles.